The molecule has 1 unspecified atom stereocenters. The first kappa shape index (κ1) is 11.4. The van der Waals surface area contributed by atoms with Crippen molar-refractivity contribution in [1.82, 2.24) is 20.9 Å². The summed E-state index contributed by atoms with van der Waals surface area (Å²) in [7, 11) is 1.85. The minimum absolute atomic E-state index is 0.0731. The van der Waals surface area contributed by atoms with E-state index in [2.05, 4.69) is 23.4 Å². The van der Waals surface area contributed by atoms with Crippen molar-refractivity contribution in [2.45, 2.75) is 5.50 Å². The molecule has 1 heterocycles. The maximum absolute atomic E-state index is 11.8. The lowest BCUT2D eigenvalue weighted by Crippen LogP contribution is -2.48. The maximum atomic E-state index is 11.8. The summed E-state index contributed by atoms with van der Waals surface area (Å²) < 4.78 is 0. The molecule has 0 saturated carbocycles. The molecule has 0 radical (unpaired) electrons. The summed E-state index contributed by atoms with van der Waals surface area (Å²) in [5.74, 6) is -0.128. The molecule has 0 bridgehead atoms. The van der Waals surface area contributed by atoms with Crippen LogP contribution in [0.15, 0.2) is 30.3 Å². The predicted octanol–water partition coefficient (Wildman–Crippen LogP) is 0.254. The van der Waals surface area contributed by atoms with Crippen molar-refractivity contribution in [3.63, 3.8) is 0 Å². The summed E-state index contributed by atoms with van der Waals surface area (Å²) in [5.41, 5.74) is 3.35. The average molecular weight is 238 g/mol. The van der Waals surface area contributed by atoms with Crippen LogP contribution in [0, 0.1) is 0 Å². The highest BCUT2D eigenvalue weighted by atomic mass is 32.1. The predicted molar refractivity (Wildman–Crippen MR) is 64.3 cm³/mol. The van der Waals surface area contributed by atoms with Crippen molar-refractivity contribution >= 4 is 18.5 Å². The summed E-state index contributed by atoms with van der Waals surface area (Å²) in [5, 5.41) is 6.57. The first-order valence-electron chi connectivity index (χ1n) is 4.96. The van der Waals surface area contributed by atoms with Crippen molar-refractivity contribution in [2.75, 3.05) is 13.7 Å². The summed E-state index contributed by atoms with van der Waals surface area (Å²) in [6.45, 7) is 0.545. The number of carbonyl (C=O) groups excluding carboxylic acids is 1. The van der Waals surface area contributed by atoms with Gasteiger partial charge >= 0.3 is 0 Å². The number of nitrogens with one attached hydrogen (secondary N) is 2. The monoisotopic (exact) mass is 238 g/mol. The molecule has 1 aliphatic rings. The largest absolute Gasteiger partial charge is 0.277 e. The minimum atomic E-state index is -0.128. The highest BCUT2D eigenvalue weighted by molar-refractivity contribution is 7.80. The third-order valence-electron chi connectivity index (χ3n) is 2.42. The Kier molecular flexibility index (Phi) is 3.45. The number of thiol groups is 1. The Morgan fingerprint density at radius 3 is 2.75 bits per heavy atom. The maximum Gasteiger partial charge on any atom is 0.266 e. The Morgan fingerprint density at radius 1 is 1.50 bits per heavy atom. The van der Waals surface area contributed by atoms with Crippen LogP contribution in [-0.2, 0) is 0 Å². The number of carbonyl (C=O) groups is 1. The summed E-state index contributed by atoms with van der Waals surface area (Å²) >= 11 is 4.28. The number of nitrogens with zero attached hydrogens (tertiary/aromatic N) is 2. The van der Waals surface area contributed by atoms with E-state index in [9.17, 15) is 4.79 Å². The second-order valence-electron chi connectivity index (χ2n) is 3.52. The van der Waals surface area contributed by atoms with E-state index in [-0.39, 0.29) is 11.4 Å². The number of hydrogen-bond donors (Lipinski definition) is 3. The SMILES string of the molecule is CN1C(S)NCN1NC(=O)c1ccccc1. The van der Waals surface area contributed by atoms with Crippen LogP contribution in [0.4, 0.5) is 0 Å². The third-order valence-corrected chi connectivity index (χ3v) is 2.94. The molecule has 6 heteroatoms. The van der Waals surface area contributed by atoms with Crippen LogP contribution in [0.3, 0.4) is 0 Å². The Morgan fingerprint density at radius 2 is 2.19 bits per heavy atom. The molecule has 1 atom stereocenters. The smallest absolute Gasteiger partial charge is 0.266 e. The molecule has 1 aliphatic heterocycles. The molecule has 0 spiro atoms. The van der Waals surface area contributed by atoms with Gasteiger partial charge in [-0.15, -0.1) is 17.7 Å². The fourth-order valence-electron chi connectivity index (χ4n) is 1.43. The topological polar surface area (TPSA) is 47.6 Å². The molecular formula is C10H14N4OS. The number of hydrogen-bond acceptors (Lipinski definition) is 5. The lowest BCUT2D eigenvalue weighted by Gasteiger charge is -2.24. The average Bonchev–Trinajstić information content (AvgIpc) is 2.62. The van der Waals surface area contributed by atoms with Crippen molar-refractivity contribution in [3.8, 4) is 0 Å². The molecular weight excluding hydrogens is 224 g/mol. The van der Waals surface area contributed by atoms with Crippen LogP contribution < -0.4 is 10.7 Å². The zero-order valence-corrected chi connectivity index (χ0v) is 9.82. The number of benzene rings is 1. The Balaban J connectivity index is 1.98. The van der Waals surface area contributed by atoms with Gasteiger partial charge in [0.15, 0.2) is 0 Å². The second kappa shape index (κ2) is 4.84. The van der Waals surface area contributed by atoms with Crippen molar-refractivity contribution in [3.05, 3.63) is 35.9 Å². The van der Waals surface area contributed by atoms with Crippen LogP contribution in [0.2, 0.25) is 0 Å². The lowest BCUT2D eigenvalue weighted by molar-refractivity contribution is -0.00186. The van der Waals surface area contributed by atoms with Crippen molar-refractivity contribution in [2.24, 2.45) is 0 Å². The van der Waals surface area contributed by atoms with Crippen LogP contribution in [-0.4, -0.2) is 35.2 Å². The summed E-state index contributed by atoms with van der Waals surface area (Å²) in [4.78, 5) is 11.8. The Hall–Kier alpha value is -1.08. The first-order valence-corrected chi connectivity index (χ1v) is 5.48. The number of hydrazine groups is 2. The van der Waals surface area contributed by atoms with Gasteiger partial charge in [0.2, 0.25) is 0 Å². The summed E-state index contributed by atoms with van der Waals surface area (Å²) in [6, 6.07) is 9.10. The van der Waals surface area contributed by atoms with Gasteiger partial charge in [0.05, 0.1) is 6.67 Å². The fraction of sp³-hybridized carbons (Fsp3) is 0.300. The standard InChI is InChI=1S/C10H14N4OS/c1-13-10(16)11-7-14(13)12-9(15)8-5-3-2-4-6-8/h2-6,10-11,16H,7H2,1H3,(H,12,15). The lowest BCUT2D eigenvalue weighted by atomic mass is 10.2. The van der Waals surface area contributed by atoms with Crippen LogP contribution >= 0.6 is 12.6 Å². The molecule has 5 nitrogen and oxygen atoms in total. The van der Waals surface area contributed by atoms with Crippen molar-refractivity contribution in [1.29, 1.82) is 0 Å². The molecule has 16 heavy (non-hydrogen) atoms. The van der Waals surface area contributed by atoms with E-state index < -0.39 is 0 Å². The van der Waals surface area contributed by atoms with E-state index in [1.807, 2.05) is 30.3 Å². The van der Waals surface area contributed by atoms with E-state index in [0.717, 1.165) is 0 Å². The van der Waals surface area contributed by atoms with Crippen LogP contribution in [0.25, 0.3) is 0 Å². The van der Waals surface area contributed by atoms with E-state index in [1.54, 1.807) is 17.3 Å². The van der Waals surface area contributed by atoms with Gasteiger partial charge in [-0.2, -0.15) is 5.01 Å². The van der Waals surface area contributed by atoms with Gasteiger partial charge in [0.25, 0.3) is 5.91 Å². The third kappa shape index (κ3) is 2.35. The number of rotatable bonds is 2. The first-order chi connectivity index (χ1) is 7.68. The Labute approximate surface area is 99.8 Å². The molecule has 0 aromatic heterocycles. The van der Waals surface area contributed by atoms with E-state index in [1.165, 1.54) is 0 Å². The molecule has 2 N–H and O–H groups in total. The van der Waals surface area contributed by atoms with Crippen LogP contribution in [0.5, 0.6) is 0 Å². The van der Waals surface area contributed by atoms with Gasteiger partial charge in [0.1, 0.15) is 5.50 Å². The molecule has 0 aliphatic carbocycles. The highest BCUT2D eigenvalue weighted by Crippen LogP contribution is 2.08. The summed E-state index contributed by atoms with van der Waals surface area (Å²) in [6.07, 6.45) is 0. The zero-order chi connectivity index (χ0) is 11.5. The van der Waals surface area contributed by atoms with E-state index in [0.29, 0.717) is 12.2 Å². The van der Waals surface area contributed by atoms with Gasteiger partial charge in [0, 0.05) is 12.6 Å². The Bertz CT molecular complexity index is 372. The van der Waals surface area contributed by atoms with Gasteiger partial charge in [-0.25, -0.2) is 0 Å². The molecule has 1 fully saturated rings. The molecule has 1 aromatic carbocycles. The molecule has 86 valence electrons. The second-order valence-corrected chi connectivity index (χ2v) is 4.01. The van der Waals surface area contributed by atoms with Crippen molar-refractivity contribution < 1.29 is 4.79 Å². The van der Waals surface area contributed by atoms with Gasteiger partial charge in [-0.1, -0.05) is 18.2 Å². The van der Waals surface area contributed by atoms with E-state index >= 15 is 0 Å². The highest BCUT2D eigenvalue weighted by Gasteiger charge is 2.26. The zero-order valence-electron chi connectivity index (χ0n) is 8.92. The quantitative estimate of drug-likeness (QED) is 0.647. The van der Waals surface area contributed by atoms with Gasteiger partial charge in [-0.3, -0.25) is 15.5 Å². The number of amides is 1. The molecule has 1 saturated heterocycles. The van der Waals surface area contributed by atoms with Gasteiger partial charge in [-0.05, 0) is 12.1 Å². The van der Waals surface area contributed by atoms with E-state index in [4.69, 9.17) is 0 Å². The normalized spacial score (nSPS) is 22.2. The molecule has 1 aromatic rings. The molecule has 1 amide bonds. The molecule has 2 rings (SSSR count). The van der Waals surface area contributed by atoms with Crippen LogP contribution in [0.1, 0.15) is 10.4 Å². The fourth-order valence-corrected chi connectivity index (χ4v) is 1.64. The van der Waals surface area contributed by atoms with Gasteiger partial charge < -0.3 is 0 Å². The minimum Gasteiger partial charge on any atom is -0.277 e.